The Morgan fingerprint density at radius 1 is 1.40 bits per heavy atom. The van der Waals surface area contributed by atoms with Crippen molar-refractivity contribution in [1.82, 2.24) is 20.6 Å². The molecule has 0 fully saturated rings. The van der Waals surface area contributed by atoms with Crippen LogP contribution in [0.15, 0.2) is 24.5 Å². The van der Waals surface area contributed by atoms with Crippen LogP contribution in [0.2, 0.25) is 0 Å². The molecule has 2 rings (SSSR count). The molecule has 0 atom stereocenters. The van der Waals surface area contributed by atoms with Crippen LogP contribution in [0.25, 0.3) is 11.0 Å². The van der Waals surface area contributed by atoms with Crippen LogP contribution in [0, 0.1) is 0 Å². The molecule has 7 heteroatoms. The molecule has 2 heterocycles. The van der Waals surface area contributed by atoms with Gasteiger partial charge in [-0.3, -0.25) is 4.79 Å². The number of rotatable bonds is 5. The number of hydrogen-bond acceptors (Lipinski definition) is 4. The molecule has 106 valence electrons. The fraction of sp³-hybridized carbons (Fsp3) is 0.308. The van der Waals surface area contributed by atoms with E-state index in [1.54, 1.807) is 19.3 Å². The zero-order valence-corrected chi connectivity index (χ0v) is 11.1. The van der Waals surface area contributed by atoms with E-state index in [4.69, 9.17) is 4.74 Å². The van der Waals surface area contributed by atoms with Crippen molar-refractivity contribution in [1.29, 1.82) is 0 Å². The van der Waals surface area contributed by atoms with Crippen LogP contribution < -0.4 is 10.6 Å². The predicted octanol–water partition coefficient (Wildman–Crippen LogP) is 0.925. The molecule has 7 nitrogen and oxygen atoms in total. The Labute approximate surface area is 115 Å². The maximum Gasteiger partial charge on any atom is 0.325 e. The SMILES string of the molecule is CCOC(=O)CNC(=O)NCc1c[nH]c2ncccc12. The predicted molar refractivity (Wildman–Crippen MR) is 73.0 cm³/mol. The topological polar surface area (TPSA) is 96.1 Å². The maximum absolute atomic E-state index is 11.5. The lowest BCUT2D eigenvalue weighted by atomic mass is 10.2. The highest BCUT2D eigenvalue weighted by molar-refractivity contribution is 5.82. The summed E-state index contributed by atoms with van der Waals surface area (Å²) in [6.07, 6.45) is 3.49. The number of carbonyl (C=O) groups is 2. The third-order valence-corrected chi connectivity index (χ3v) is 2.67. The molecule has 0 radical (unpaired) electrons. The molecule has 2 aromatic heterocycles. The second kappa shape index (κ2) is 6.55. The van der Waals surface area contributed by atoms with Crippen molar-refractivity contribution in [2.45, 2.75) is 13.5 Å². The van der Waals surface area contributed by atoms with Crippen molar-refractivity contribution >= 4 is 23.0 Å². The van der Waals surface area contributed by atoms with E-state index in [2.05, 4.69) is 20.6 Å². The van der Waals surface area contributed by atoms with Gasteiger partial charge in [0.05, 0.1) is 6.61 Å². The summed E-state index contributed by atoms with van der Waals surface area (Å²) >= 11 is 0. The number of carbonyl (C=O) groups excluding carboxylic acids is 2. The highest BCUT2D eigenvalue weighted by Gasteiger charge is 2.07. The second-order valence-electron chi connectivity index (χ2n) is 4.05. The first-order chi connectivity index (χ1) is 9.70. The molecule has 0 unspecified atom stereocenters. The molecule has 0 bridgehead atoms. The van der Waals surface area contributed by atoms with Gasteiger partial charge in [-0.2, -0.15) is 0 Å². The number of H-pyrrole nitrogens is 1. The number of amides is 2. The molecule has 2 aromatic rings. The maximum atomic E-state index is 11.5. The molecule has 0 aromatic carbocycles. The molecule has 3 N–H and O–H groups in total. The number of aromatic nitrogens is 2. The number of pyridine rings is 1. The van der Waals surface area contributed by atoms with Gasteiger partial charge in [0.2, 0.25) is 0 Å². The number of fused-ring (bicyclic) bond motifs is 1. The highest BCUT2D eigenvalue weighted by Crippen LogP contribution is 2.14. The Morgan fingerprint density at radius 3 is 3.05 bits per heavy atom. The molecule has 0 aliphatic heterocycles. The summed E-state index contributed by atoms with van der Waals surface area (Å²) in [5, 5.41) is 6.05. The van der Waals surface area contributed by atoms with Crippen LogP contribution in [0.1, 0.15) is 12.5 Å². The molecule has 20 heavy (non-hydrogen) atoms. The Kier molecular flexibility index (Phi) is 4.54. The van der Waals surface area contributed by atoms with Gasteiger partial charge in [0.25, 0.3) is 0 Å². The van der Waals surface area contributed by atoms with Crippen molar-refractivity contribution in [2.75, 3.05) is 13.2 Å². The number of ether oxygens (including phenoxy) is 1. The Hall–Kier alpha value is -2.57. The average Bonchev–Trinajstić information content (AvgIpc) is 2.86. The van der Waals surface area contributed by atoms with Crippen LogP contribution in [-0.4, -0.2) is 35.1 Å². The number of hydrogen-bond donors (Lipinski definition) is 3. The van der Waals surface area contributed by atoms with E-state index in [1.807, 2.05) is 12.1 Å². The van der Waals surface area contributed by atoms with Gasteiger partial charge in [0.1, 0.15) is 12.2 Å². The standard InChI is InChI=1S/C13H16N4O3/c1-2-20-11(18)8-17-13(19)16-7-9-6-15-12-10(9)4-3-5-14-12/h3-6H,2,7-8H2,1H3,(H,14,15)(H2,16,17,19). The number of urea groups is 1. The van der Waals surface area contributed by atoms with E-state index >= 15 is 0 Å². The molecule has 0 saturated heterocycles. The minimum atomic E-state index is -0.459. The molecular formula is C13H16N4O3. The van der Waals surface area contributed by atoms with E-state index in [0.717, 1.165) is 16.6 Å². The molecule has 2 amide bonds. The minimum absolute atomic E-state index is 0.144. The third-order valence-electron chi connectivity index (χ3n) is 2.67. The van der Waals surface area contributed by atoms with Gasteiger partial charge in [-0.1, -0.05) is 0 Å². The third kappa shape index (κ3) is 3.47. The first-order valence-corrected chi connectivity index (χ1v) is 6.29. The molecular weight excluding hydrogens is 260 g/mol. The van der Waals surface area contributed by atoms with Gasteiger partial charge in [0, 0.05) is 24.3 Å². The van der Waals surface area contributed by atoms with Gasteiger partial charge in [-0.25, -0.2) is 9.78 Å². The Bertz CT molecular complexity index is 608. The summed E-state index contributed by atoms with van der Waals surface area (Å²) in [6, 6.07) is 3.34. The summed E-state index contributed by atoms with van der Waals surface area (Å²) < 4.78 is 4.71. The second-order valence-corrected chi connectivity index (χ2v) is 4.05. The average molecular weight is 276 g/mol. The zero-order chi connectivity index (χ0) is 14.4. The summed E-state index contributed by atoms with van der Waals surface area (Å²) in [5.74, 6) is -0.459. The minimum Gasteiger partial charge on any atom is -0.465 e. The summed E-state index contributed by atoms with van der Waals surface area (Å²) in [5.41, 5.74) is 1.70. The van der Waals surface area contributed by atoms with Gasteiger partial charge in [-0.05, 0) is 24.6 Å². The quantitative estimate of drug-likeness (QED) is 0.708. The summed E-state index contributed by atoms with van der Waals surface area (Å²) in [6.45, 7) is 2.21. The van der Waals surface area contributed by atoms with E-state index in [9.17, 15) is 9.59 Å². The van der Waals surface area contributed by atoms with Gasteiger partial charge in [-0.15, -0.1) is 0 Å². The fourth-order valence-corrected chi connectivity index (χ4v) is 1.76. The number of esters is 1. The Balaban J connectivity index is 1.83. The summed E-state index contributed by atoms with van der Waals surface area (Å²) in [4.78, 5) is 29.8. The first kappa shape index (κ1) is 13.9. The zero-order valence-electron chi connectivity index (χ0n) is 11.1. The number of nitrogens with one attached hydrogen (secondary N) is 3. The molecule has 0 aliphatic rings. The van der Waals surface area contributed by atoms with Crippen molar-refractivity contribution in [3.63, 3.8) is 0 Å². The van der Waals surface area contributed by atoms with Gasteiger partial charge >= 0.3 is 12.0 Å². The van der Waals surface area contributed by atoms with Crippen molar-refractivity contribution in [3.05, 3.63) is 30.1 Å². The van der Waals surface area contributed by atoms with E-state index < -0.39 is 12.0 Å². The lowest BCUT2D eigenvalue weighted by Crippen LogP contribution is -2.38. The van der Waals surface area contributed by atoms with E-state index in [1.165, 1.54) is 0 Å². The van der Waals surface area contributed by atoms with E-state index in [-0.39, 0.29) is 6.54 Å². The largest absolute Gasteiger partial charge is 0.465 e. The normalized spacial score (nSPS) is 10.2. The first-order valence-electron chi connectivity index (χ1n) is 6.29. The van der Waals surface area contributed by atoms with Crippen molar-refractivity contribution < 1.29 is 14.3 Å². The van der Waals surface area contributed by atoms with Crippen molar-refractivity contribution in [2.24, 2.45) is 0 Å². The van der Waals surface area contributed by atoms with Crippen LogP contribution in [-0.2, 0) is 16.1 Å². The van der Waals surface area contributed by atoms with Crippen LogP contribution in [0.4, 0.5) is 4.79 Å². The van der Waals surface area contributed by atoms with Crippen LogP contribution in [0.5, 0.6) is 0 Å². The summed E-state index contributed by atoms with van der Waals surface area (Å²) in [7, 11) is 0. The highest BCUT2D eigenvalue weighted by atomic mass is 16.5. The van der Waals surface area contributed by atoms with E-state index in [0.29, 0.717) is 13.2 Å². The molecule has 0 spiro atoms. The Morgan fingerprint density at radius 2 is 2.25 bits per heavy atom. The van der Waals surface area contributed by atoms with Crippen LogP contribution in [0.3, 0.4) is 0 Å². The number of nitrogens with zero attached hydrogens (tertiary/aromatic N) is 1. The number of aromatic amines is 1. The fourth-order valence-electron chi connectivity index (χ4n) is 1.76. The lowest BCUT2D eigenvalue weighted by molar-refractivity contribution is -0.141. The smallest absolute Gasteiger partial charge is 0.325 e. The van der Waals surface area contributed by atoms with Crippen molar-refractivity contribution in [3.8, 4) is 0 Å². The van der Waals surface area contributed by atoms with Crippen LogP contribution >= 0.6 is 0 Å². The van der Waals surface area contributed by atoms with Gasteiger partial charge in [0.15, 0.2) is 0 Å². The molecule has 0 saturated carbocycles. The lowest BCUT2D eigenvalue weighted by Gasteiger charge is -2.06. The molecule has 0 aliphatic carbocycles. The monoisotopic (exact) mass is 276 g/mol. The van der Waals surface area contributed by atoms with Gasteiger partial charge < -0.3 is 20.4 Å².